The van der Waals surface area contributed by atoms with Gasteiger partial charge in [-0.25, -0.2) is 0 Å². The van der Waals surface area contributed by atoms with Crippen molar-refractivity contribution in [2.24, 2.45) is 7.05 Å². The number of nitrogens with one attached hydrogen (secondary N) is 2. The van der Waals surface area contributed by atoms with Gasteiger partial charge in [-0.1, -0.05) is 12.6 Å². The molecule has 2 aliphatic heterocycles. The molecule has 0 unspecified atom stereocenters. The van der Waals surface area contributed by atoms with Crippen LogP contribution in [0.4, 0.5) is 0 Å². The summed E-state index contributed by atoms with van der Waals surface area (Å²) in [7, 11) is 4.18. The van der Waals surface area contributed by atoms with Gasteiger partial charge in [0.25, 0.3) is 5.91 Å². The number of rotatable bonds is 8. The molecule has 1 saturated heterocycles. The first-order valence-corrected chi connectivity index (χ1v) is 15.3. The standard InChI is InChI=1S/C33H41N7O2/c1-20(2)42-36-21(3)22-7-10-28-24(17-22)30-25-18-34-33(41)31(25)29-23(8-9-27-26(29)19-38(5)35-27)32(30)40(28)12-6-11-39-15-13-37(4)14-16-39/h7,10,17,19-20,36H,3,6,8-9,11-16,18H2,1-2,4-5H3,(H,34,41). The van der Waals surface area contributed by atoms with E-state index in [1.54, 1.807) is 0 Å². The molecule has 9 nitrogen and oxygen atoms in total. The van der Waals surface area contributed by atoms with E-state index in [2.05, 4.69) is 63.2 Å². The second-order valence-electron chi connectivity index (χ2n) is 12.4. The molecule has 1 amide bonds. The summed E-state index contributed by atoms with van der Waals surface area (Å²) >= 11 is 0. The summed E-state index contributed by atoms with van der Waals surface area (Å²) in [6.07, 6.45) is 4.95. The van der Waals surface area contributed by atoms with Crippen LogP contribution in [0.15, 0.2) is 31.0 Å². The number of fused-ring (bicyclic) bond motifs is 10. The lowest BCUT2D eigenvalue weighted by molar-refractivity contribution is 0.0276. The van der Waals surface area contributed by atoms with Gasteiger partial charge < -0.3 is 19.7 Å². The van der Waals surface area contributed by atoms with Crippen molar-refractivity contribution in [2.75, 3.05) is 39.8 Å². The summed E-state index contributed by atoms with van der Waals surface area (Å²) in [5.41, 5.74) is 13.7. The summed E-state index contributed by atoms with van der Waals surface area (Å²) in [5.74, 6) is 0.0170. The highest BCUT2D eigenvalue weighted by molar-refractivity contribution is 6.19. The van der Waals surface area contributed by atoms with Crippen LogP contribution >= 0.6 is 0 Å². The number of amides is 1. The maximum atomic E-state index is 13.4. The SMILES string of the molecule is C=C(NOC(C)C)c1ccc2c(c1)c1c3c(c4c(c1n2CCCN1CCN(C)CC1)CCc1nn(C)cc1-4)C(=O)NC3. The molecule has 9 heteroatoms. The van der Waals surface area contributed by atoms with Crippen LogP contribution < -0.4 is 10.8 Å². The molecule has 0 spiro atoms. The number of carbonyl (C=O) groups is 1. The Morgan fingerprint density at radius 3 is 2.69 bits per heavy atom. The molecule has 220 valence electrons. The lowest BCUT2D eigenvalue weighted by atomic mass is 9.82. The third-order valence-electron chi connectivity index (χ3n) is 9.16. The number of likely N-dealkylation sites (N-methyl/N-ethyl adjacent to an activating group) is 1. The van der Waals surface area contributed by atoms with Crippen LogP contribution in [0.5, 0.6) is 0 Å². The molecule has 0 bridgehead atoms. The second-order valence-corrected chi connectivity index (χ2v) is 12.4. The van der Waals surface area contributed by atoms with Crippen molar-refractivity contribution in [1.82, 2.24) is 34.9 Å². The van der Waals surface area contributed by atoms with Gasteiger partial charge in [-0.15, -0.1) is 0 Å². The fraction of sp³-hybridized carbons (Fsp3) is 0.455. The van der Waals surface area contributed by atoms with E-state index in [-0.39, 0.29) is 12.0 Å². The zero-order valence-corrected chi connectivity index (χ0v) is 25.2. The number of aromatic nitrogens is 3. The summed E-state index contributed by atoms with van der Waals surface area (Å²) in [5, 5.41) is 10.3. The Bertz CT molecular complexity index is 1720. The third kappa shape index (κ3) is 4.51. The molecule has 1 fully saturated rings. The molecule has 2 aromatic heterocycles. The number of carbonyl (C=O) groups excluding carboxylic acids is 1. The smallest absolute Gasteiger partial charge is 0.252 e. The van der Waals surface area contributed by atoms with Crippen LogP contribution in [0, 0.1) is 0 Å². The van der Waals surface area contributed by atoms with Crippen molar-refractivity contribution < 1.29 is 9.63 Å². The first-order valence-electron chi connectivity index (χ1n) is 15.3. The molecule has 4 heterocycles. The van der Waals surface area contributed by atoms with Crippen LogP contribution in [0.3, 0.4) is 0 Å². The zero-order chi connectivity index (χ0) is 29.1. The highest BCUT2D eigenvalue weighted by Gasteiger charge is 2.35. The molecule has 0 atom stereocenters. The number of nitrogens with zero attached hydrogens (tertiary/aromatic N) is 5. The molecular weight excluding hydrogens is 526 g/mol. The van der Waals surface area contributed by atoms with Crippen LogP contribution in [0.1, 0.15) is 53.0 Å². The van der Waals surface area contributed by atoms with Crippen molar-refractivity contribution in [1.29, 1.82) is 0 Å². The molecule has 2 N–H and O–H groups in total. The van der Waals surface area contributed by atoms with Crippen molar-refractivity contribution in [3.63, 3.8) is 0 Å². The largest absolute Gasteiger partial charge is 0.348 e. The summed E-state index contributed by atoms with van der Waals surface area (Å²) in [4.78, 5) is 24.1. The number of benzene rings is 2. The Morgan fingerprint density at radius 2 is 1.90 bits per heavy atom. The van der Waals surface area contributed by atoms with Gasteiger partial charge in [0.2, 0.25) is 0 Å². The van der Waals surface area contributed by atoms with Gasteiger partial charge in [0.1, 0.15) is 0 Å². The van der Waals surface area contributed by atoms with Gasteiger partial charge in [0, 0.05) is 85.5 Å². The predicted molar refractivity (Wildman–Crippen MR) is 167 cm³/mol. The molecule has 1 aliphatic carbocycles. The molecule has 3 aliphatic rings. The van der Waals surface area contributed by atoms with Crippen molar-refractivity contribution >= 4 is 33.4 Å². The summed E-state index contributed by atoms with van der Waals surface area (Å²) in [6, 6.07) is 6.58. The molecule has 0 saturated carbocycles. The first-order chi connectivity index (χ1) is 20.3. The Hall–Kier alpha value is -3.66. The van der Waals surface area contributed by atoms with E-state index >= 15 is 0 Å². The number of piperazine rings is 1. The lowest BCUT2D eigenvalue weighted by Crippen LogP contribution is -2.44. The van der Waals surface area contributed by atoms with Crippen LogP contribution in [0.2, 0.25) is 0 Å². The predicted octanol–water partition coefficient (Wildman–Crippen LogP) is 4.07. The zero-order valence-electron chi connectivity index (χ0n) is 25.2. The van der Waals surface area contributed by atoms with Crippen molar-refractivity contribution in [3.8, 4) is 11.1 Å². The van der Waals surface area contributed by atoms with Crippen molar-refractivity contribution in [2.45, 2.75) is 52.3 Å². The number of aryl methyl sites for hydroxylation is 4. The minimum atomic E-state index is 0.0170. The van der Waals surface area contributed by atoms with Crippen LogP contribution in [0.25, 0.3) is 38.6 Å². The van der Waals surface area contributed by atoms with E-state index in [4.69, 9.17) is 9.94 Å². The van der Waals surface area contributed by atoms with Crippen LogP contribution in [-0.4, -0.2) is 75.9 Å². The second kappa shape index (κ2) is 10.6. The fourth-order valence-electron chi connectivity index (χ4n) is 7.11. The molecule has 42 heavy (non-hydrogen) atoms. The summed E-state index contributed by atoms with van der Waals surface area (Å²) in [6.45, 7) is 15.3. The Balaban J connectivity index is 1.40. The minimum absolute atomic E-state index is 0.0170. The average Bonchev–Trinajstić information content (AvgIpc) is 3.65. The molecular formula is C33H41N7O2. The Kier molecular flexibility index (Phi) is 6.84. The quantitative estimate of drug-likeness (QED) is 0.313. The van der Waals surface area contributed by atoms with Crippen molar-refractivity contribution in [3.05, 3.63) is 58.9 Å². The number of hydrogen-bond donors (Lipinski definition) is 2. The van der Waals surface area contributed by atoms with Gasteiger partial charge in [0.15, 0.2) is 0 Å². The van der Waals surface area contributed by atoms with E-state index < -0.39 is 0 Å². The molecule has 0 radical (unpaired) electrons. The minimum Gasteiger partial charge on any atom is -0.348 e. The highest BCUT2D eigenvalue weighted by Crippen LogP contribution is 2.47. The van der Waals surface area contributed by atoms with E-state index in [0.29, 0.717) is 6.54 Å². The van der Waals surface area contributed by atoms with Gasteiger partial charge >= 0.3 is 0 Å². The monoisotopic (exact) mass is 567 g/mol. The number of hydrogen-bond acceptors (Lipinski definition) is 6. The molecule has 4 aromatic rings. The van der Waals surface area contributed by atoms with Crippen LogP contribution in [-0.2, 0) is 37.8 Å². The topological polar surface area (TPSA) is 79.6 Å². The normalized spacial score (nSPS) is 17.1. The Labute approximate surface area is 247 Å². The summed E-state index contributed by atoms with van der Waals surface area (Å²) < 4.78 is 4.42. The Morgan fingerprint density at radius 1 is 1.10 bits per heavy atom. The van der Waals surface area contributed by atoms with Gasteiger partial charge in [-0.2, -0.15) is 5.10 Å². The van der Waals surface area contributed by atoms with E-state index in [1.807, 2.05) is 25.6 Å². The van der Waals surface area contributed by atoms with Gasteiger partial charge in [-0.05, 0) is 70.0 Å². The van der Waals surface area contributed by atoms with Gasteiger partial charge in [-0.3, -0.25) is 19.8 Å². The fourth-order valence-corrected chi connectivity index (χ4v) is 7.11. The maximum Gasteiger partial charge on any atom is 0.252 e. The van der Waals surface area contributed by atoms with E-state index in [9.17, 15) is 4.79 Å². The number of hydroxylamine groups is 1. The highest BCUT2D eigenvalue weighted by atomic mass is 16.7. The molecule has 7 rings (SSSR count). The van der Waals surface area contributed by atoms with E-state index in [0.717, 1.165) is 97.7 Å². The first kappa shape index (κ1) is 27.2. The third-order valence-corrected chi connectivity index (χ3v) is 9.16. The van der Waals surface area contributed by atoms with Gasteiger partial charge in [0.05, 0.1) is 28.6 Å². The van der Waals surface area contributed by atoms with E-state index in [1.165, 1.54) is 27.4 Å². The lowest BCUT2D eigenvalue weighted by Gasteiger charge is -2.32. The average molecular weight is 568 g/mol. The molecule has 2 aromatic carbocycles. The maximum absolute atomic E-state index is 13.4.